The number of fused-ring (bicyclic) bond motifs is 1. The molecular formula is C23H40. The number of hydrogen-bond acceptors (Lipinski definition) is 0. The fraction of sp³-hybridized carbons (Fsp3) is 0.826. The third-order valence-corrected chi connectivity index (χ3v) is 7.26. The minimum absolute atomic E-state index is 0.555. The lowest BCUT2D eigenvalue weighted by molar-refractivity contribution is 0.0728. The lowest BCUT2D eigenvalue weighted by atomic mass is 9.58. The Bertz CT molecular complexity index is 416. The second-order valence-corrected chi connectivity index (χ2v) is 9.08. The predicted molar refractivity (Wildman–Crippen MR) is 103 cm³/mol. The van der Waals surface area contributed by atoms with Gasteiger partial charge in [-0.25, -0.2) is 0 Å². The first-order valence-corrected chi connectivity index (χ1v) is 10.3. The Morgan fingerprint density at radius 2 is 1.96 bits per heavy atom. The summed E-state index contributed by atoms with van der Waals surface area (Å²) in [5.41, 5.74) is 2.27. The molecule has 2 saturated carbocycles. The summed E-state index contributed by atoms with van der Waals surface area (Å²) >= 11 is 0. The van der Waals surface area contributed by atoms with Crippen LogP contribution in [0.2, 0.25) is 0 Å². The van der Waals surface area contributed by atoms with Crippen molar-refractivity contribution >= 4 is 0 Å². The van der Waals surface area contributed by atoms with Crippen LogP contribution in [-0.2, 0) is 0 Å². The summed E-state index contributed by atoms with van der Waals surface area (Å²) in [4.78, 5) is 0. The first kappa shape index (κ1) is 18.8. The Morgan fingerprint density at radius 3 is 2.57 bits per heavy atom. The summed E-state index contributed by atoms with van der Waals surface area (Å²) in [6.07, 6.45) is 15.8. The average molecular weight is 317 g/mol. The van der Waals surface area contributed by atoms with E-state index in [-0.39, 0.29) is 0 Å². The van der Waals surface area contributed by atoms with Gasteiger partial charge in [-0.2, -0.15) is 0 Å². The molecule has 2 rings (SSSR count). The van der Waals surface area contributed by atoms with Crippen LogP contribution in [0.3, 0.4) is 0 Å². The van der Waals surface area contributed by atoms with Crippen LogP contribution in [0.15, 0.2) is 24.3 Å². The summed E-state index contributed by atoms with van der Waals surface area (Å²) < 4.78 is 0. The minimum atomic E-state index is 0.555. The van der Waals surface area contributed by atoms with Crippen LogP contribution >= 0.6 is 0 Å². The van der Waals surface area contributed by atoms with Gasteiger partial charge in [-0.15, -0.1) is 0 Å². The standard InChI is InChI=1S/C23H40/c1-7-10-20-18(5)15-16-23(6)21(13-14-22(20)23)19(8-2)12-9-11-17(3)4/h7,10,17-19,21-22H,1,8-9,11-16H2,2-6H3. The van der Waals surface area contributed by atoms with E-state index in [9.17, 15) is 0 Å². The Morgan fingerprint density at radius 1 is 1.22 bits per heavy atom. The van der Waals surface area contributed by atoms with E-state index in [2.05, 4.69) is 47.3 Å². The molecule has 0 heteroatoms. The van der Waals surface area contributed by atoms with Crippen LogP contribution in [0.4, 0.5) is 0 Å². The molecular weight excluding hydrogens is 276 g/mol. The van der Waals surface area contributed by atoms with Crippen molar-refractivity contribution in [2.75, 3.05) is 0 Å². The highest BCUT2D eigenvalue weighted by Gasteiger charge is 2.52. The molecule has 0 heterocycles. The van der Waals surface area contributed by atoms with Gasteiger partial charge in [-0.1, -0.05) is 84.6 Å². The average Bonchev–Trinajstić information content (AvgIpc) is 2.85. The Hall–Kier alpha value is -0.520. The summed E-state index contributed by atoms with van der Waals surface area (Å²) in [6, 6.07) is 0. The first-order chi connectivity index (χ1) is 10.9. The zero-order valence-corrected chi connectivity index (χ0v) is 16.4. The van der Waals surface area contributed by atoms with Gasteiger partial charge in [0, 0.05) is 0 Å². The molecule has 0 aliphatic heterocycles. The van der Waals surface area contributed by atoms with Crippen LogP contribution < -0.4 is 0 Å². The maximum atomic E-state index is 3.98. The second-order valence-electron chi connectivity index (χ2n) is 9.08. The molecule has 0 radical (unpaired) electrons. The fourth-order valence-electron chi connectivity index (χ4n) is 5.88. The third kappa shape index (κ3) is 3.94. The van der Waals surface area contributed by atoms with Crippen molar-refractivity contribution in [3.8, 4) is 0 Å². The van der Waals surface area contributed by atoms with Crippen molar-refractivity contribution < 1.29 is 0 Å². The second kappa shape index (κ2) is 8.04. The van der Waals surface area contributed by atoms with Gasteiger partial charge in [0.2, 0.25) is 0 Å². The summed E-state index contributed by atoms with van der Waals surface area (Å²) in [5, 5.41) is 0. The van der Waals surface area contributed by atoms with Crippen molar-refractivity contribution in [2.45, 2.75) is 86.0 Å². The molecule has 0 N–H and O–H groups in total. The molecule has 0 aromatic rings. The molecule has 0 saturated heterocycles. The zero-order valence-electron chi connectivity index (χ0n) is 16.4. The molecule has 0 bridgehead atoms. The lowest BCUT2D eigenvalue weighted by Crippen LogP contribution is -2.38. The van der Waals surface area contributed by atoms with Crippen molar-refractivity contribution in [3.05, 3.63) is 24.3 Å². The fourth-order valence-corrected chi connectivity index (χ4v) is 5.88. The highest BCUT2D eigenvalue weighted by Crippen LogP contribution is 2.61. The molecule has 5 atom stereocenters. The van der Waals surface area contributed by atoms with Crippen molar-refractivity contribution in [3.63, 3.8) is 0 Å². The number of allylic oxidation sites excluding steroid dienone is 3. The van der Waals surface area contributed by atoms with Crippen LogP contribution in [-0.4, -0.2) is 0 Å². The Balaban J connectivity index is 2.12. The lowest BCUT2D eigenvalue weighted by Gasteiger charge is -2.47. The maximum absolute atomic E-state index is 3.98. The molecule has 132 valence electrons. The van der Waals surface area contributed by atoms with E-state index in [1.807, 2.05) is 6.08 Å². The number of hydrogen-bond donors (Lipinski definition) is 0. The van der Waals surface area contributed by atoms with Crippen molar-refractivity contribution in [1.82, 2.24) is 0 Å². The third-order valence-electron chi connectivity index (χ3n) is 7.26. The van der Waals surface area contributed by atoms with Gasteiger partial charge in [0.1, 0.15) is 0 Å². The monoisotopic (exact) mass is 316 g/mol. The van der Waals surface area contributed by atoms with Crippen molar-refractivity contribution in [1.29, 1.82) is 0 Å². The Kier molecular flexibility index (Phi) is 6.57. The van der Waals surface area contributed by atoms with E-state index in [1.165, 1.54) is 51.4 Å². The maximum Gasteiger partial charge on any atom is -0.0141 e. The highest BCUT2D eigenvalue weighted by atomic mass is 14.6. The quantitative estimate of drug-likeness (QED) is 0.458. The van der Waals surface area contributed by atoms with Gasteiger partial charge in [0.05, 0.1) is 0 Å². The van der Waals surface area contributed by atoms with Gasteiger partial charge in [-0.3, -0.25) is 0 Å². The van der Waals surface area contributed by atoms with Gasteiger partial charge >= 0.3 is 0 Å². The molecule has 2 aliphatic carbocycles. The smallest absolute Gasteiger partial charge is 0.0141 e. The van der Waals surface area contributed by atoms with E-state index >= 15 is 0 Å². The van der Waals surface area contributed by atoms with Gasteiger partial charge < -0.3 is 0 Å². The molecule has 2 aliphatic rings. The Labute approximate surface area is 145 Å². The van der Waals surface area contributed by atoms with Gasteiger partial charge in [0.25, 0.3) is 0 Å². The van der Waals surface area contributed by atoms with E-state index in [1.54, 1.807) is 5.57 Å². The first-order valence-electron chi connectivity index (χ1n) is 10.3. The van der Waals surface area contributed by atoms with E-state index in [0.29, 0.717) is 5.41 Å². The van der Waals surface area contributed by atoms with E-state index in [4.69, 9.17) is 0 Å². The highest BCUT2D eigenvalue weighted by molar-refractivity contribution is 5.24. The van der Waals surface area contributed by atoms with Crippen molar-refractivity contribution in [2.24, 2.45) is 35.0 Å². The summed E-state index contributed by atoms with van der Waals surface area (Å²) in [6.45, 7) is 16.2. The summed E-state index contributed by atoms with van der Waals surface area (Å²) in [5.74, 6) is 4.35. The minimum Gasteiger partial charge on any atom is -0.0991 e. The number of rotatable bonds is 7. The van der Waals surface area contributed by atoms with Crippen LogP contribution in [0.5, 0.6) is 0 Å². The van der Waals surface area contributed by atoms with E-state index < -0.39 is 0 Å². The van der Waals surface area contributed by atoms with Crippen LogP contribution in [0.25, 0.3) is 0 Å². The zero-order chi connectivity index (χ0) is 17.0. The molecule has 0 nitrogen and oxygen atoms in total. The van der Waals surface area contributed by atoms with Gasteiger partial charge in [0.15, 0.2) is 0 Å². The summed E-state index contributed by atoms with van der Waals surface area (Å²) in [7, 11) is 0. The SMILES string of the molecule is C=CC=C1C(C)CCC2(C)C1CCC2C(CC)CCCC(C)C. The molecule has 0 aromatic carbocycles. The molecule has 0 aromatic heterocycles. The topological polar surface area (TPSA) is 0 Å². The molecule has 23 heavy (non-hydrogen) atoms. The van der Waals surface area contributed by atoms with E-state index in [0.717, 1.165) is 29.6 Å². The molecule has 2 fully saturated rings. The predicted octanol–water partition coefficient (Wildman–Crippen LogP) is 7.41. The molecule has 0 amide bonds. The molecule has 0 spiro atoms. The van der Waals surface area contributed by atoms with Gasteiger partial charge in [-0.05, 0) is 60.7 Å². The largest absolute Gasteiger partial charge is 0.0991 e. The van der Waals surface area contributed by atoms with Crippen LogP contribution in [0.1, 0.15) is 86.0 Å². The van der Waals surface area contributed by atoms with Crippen LogP contribution in [0, 0.1) is 35.0 Å². The normalized spacial score (nSPS) is 37.1. The molecule has 5 unspecified atom stereocenters.